The molecule has 0 aliphatic carbocycles. The highest BCUT2D eigenvalue weighted by Crippen LogP contribution is 2.15. The van der Waals surface area contributed by atoms with Crippen molar-refractivity contribution in [3.05, 3.63) is 24.8 Å². The number of rotatable bonds is 22. The third-order valence-corrected chi connectivity index (χ3v) is 5.16. The van der Waals surface area contributed by atoms with E-state index in [1.807, 2.05) is 0 Å². The van der Waals surface area contributed by atoms with Crippen LogP contribution in [0.1, 0.15) is 79.6 Å². The molecule has 15 heteroatoms. The molecule has 0 unspecified atom stereocenters. The van der Waals surface area contributed by atoms with Gasteiger partial charge in [0, 0.05) is 18.6 Å². The van der Waals surface area contributed by atoms with Crippen LogP contribution in [0.4, 0.5) is 4.79 Å². The highest BCUT2D eigenvalue weighted by atomic mass is 16.6. The van der Waals surface area contributed by atoms with Gasteiger partial charge >= 0.3 is 41.9 Å². The Balaban J connectivity index is 3.96. The van der Waals surface area contributed by atoms with Gasteiger partial charge < -0.3 is 38.5 Å². The van der Waals surface area contributed by atoms with Crippen LogP contribution in [0.15, 0.2) is 24.8 Å². The third-order valence-electron chi connectivity index (χ3n) is 5.16. The van der Waals surface area contributed by atoms with Crippen molar-refractivity contribution in [3.63, 3.8) is 0 Å². The van der Waals surface area contributed by atoms with Gasteiger partial charge in [0.25, 0.3) is 0 Å². The summed E-state index contributed by atoms with van der Waals surface area (Å²) in [5.41, 5.74) is -1.58. The fraction of sp³-hybridized carbons (Fsp3) is 0.645. The van der Waals surface area contributed by atoms with Gasteiger partial charge in [0.15, 0.2) is 0 Å². The summed E-state index contributed by atoms with van der Waals surface area (Å²) in [4.78, 5) is 81.4. The van der Waals surface area contributed by atoms with E-state index in [1.165, 1.54) is 12.2 Å². The molecule has 1 amide bonds. The van der Waals surface area contributed by atoms with Crippen LogP contribution in [0, 0.1) is 0 Å². The lowest BCUT2D eigenvalue weighted by molar-refractivity contribution is -0.158. The second-order valence-electron chi connectivity index (χ2n) is 11.2. The van der Waals surface area contributed by atoms with Crippen LogP contribution in [-0.2, 0) is 61.9 Å². The Labute approximate surface area is 269 Å². The smallest absolute Gasteiger partial charge is 0.407 e. The summed E-state index contributed by atoms with van der Waals surface area (Å²) in [6.45, 7) is 11.5. The summed E-state index contributed by atoms with van der Waals surface area (Å²) in [5, 5.41) is 2.43. The molecule has 0 saturated heterocycles. The average molecular weight is 658 g/mol. The highest BCUT2D eigenvalue weighted by Gasteiger charge is 2.22. The number of hydrogen-bond donors (Lipinski definition) is 1. The molecular formula is C31H47NO14. The minimum absolute atomic E-state index is 0.0345. The van der Waals surface area contributed by atoms with Crippen LogP contribution in [-0.4, -0.2) is 92.7 Å². The number of ether oxygens (including phenoxy) is 7. The molecule has 0 aromatic rings. The van der Waals surface area contributed by atoms with Crippen LogP contribution in [0.5, 0.6) is 0 Å². The summed E-state index contributed by atoms with van der Waals surface area (Å²) in [6.07, 6.45) is 3.48. The molecule has 0 aromatic carbocycles. The number of carbonyl (C=O) groups is 7. The first kappa shape index (κ1) is 41.6. The number of hydrogen-bond acceptors (Lipinski definition) is 14. The maximum Gasteiger partial charge on any atom is 0.407 e. The predicted molar refractivity (Wildman–Crippen MR) is 161 cm³/mol. The highest BCUT2D eigenvalue weighted by molar-refractivity contribution is 5.82. The first-order valence-corrected chi connectivity index (χ1v) is 14.8. The molecule has 0 rings (SSSR count). The zero-order chi connectivity index (χ0) is 35.0. The third kappa shape index (κ3) is 26.0. The lowest BCUT2D eigenvalue weighted by Crippen LogP contribution is -2.36. The summed E-state index contributed by atoms with van der Waals surface area (Å²) in [7, 11) is 0. The van der Waals surface area contributed by atoms with E-state index in [0.29, 0.717) is 12.8 Å². The van der Waals surface area contributed by atoms with E-state index in [2.05, 4.69) is 16.6 Å². The first-order valence-electron chi connectivity index (χ1n) is 14.8. The van der Waals surface area contributed by atoms with E-state index in [4.69, 9.17) is 28.4 Å². The zero-order valence-electron chi connectivity index (χ0n) is 27.3. The van der Waals surface area contributed by atoms with Gasteiger partial charge in [0.2, 0.25) is 0 Å². The molecule has 0 fully saturated rings. The largest absolute Gasteiger partial charge is 0.466 e. The van der Waals surface area contributed by atoms with Crippen molar-refractivity contribution in [1.82, 2.24) is 5.32 Å². The lowest BCUT2D eigenvalue weighted by atomic mass is 10.1. The number of esters is 6. The minimum atomic E-state index is -0.963. The maximum atomic E-state index is 12.0. The van der Waals surface area contributed by atoms with Crippen molar-refractivity contribution in [2.24, 2.45) is 0 Å². The van der Waals surface area contributed by atoms with E-state index in [-0.39, 0.29) is 71.7 Å². The molecule has 0 atom stereocenters. The van der Waals surface area contributed by atoms with Gasteiger partial charge in [-0.2, -0.15) is 0 Å². The molecule has 0 spiro atoms. The van der Waals surface area contributed by atoms with E-state index in [0.717, 1.165) is 6.08 Å². The summed E-state index contributed by atoms with van der Waals surface area (Å²) in [6, 6.07) is 0. The molecule has 46 heavy (non-hydrogen) atoms. The number of amides is 1. The Morgan fingerprint density at radius 3 is 1.65 bits per heavy atom. The Kier molecular flexibility index (Phi) is 20.8. The first-order chi connectivity index (χ1) is 21.5. The molecule has 0 aromatic heterocycles. The molecule has 0 saturated carbocycles. The van der Waals surface area contributed by atoms with E-state index in [9.17, 15) is 33.6 Å². The molecule has 0 bridgehead atoms. The van der Waals surface area contributed by atoms with Gasteiger partial charge in [-0.15, -0.1) is 0 Å². The van der Waals surface area contributed by atoms with Crippen LogP contribution < -0.4 is 5.32 Å². The Bertz CT molecular complexity index is 1060. The average Bonchev–Trinajstić information content (AvgIpc) is 2.95. The van der Waals surface area contributed by atoms with Crippen LogP contribution in [0.3, 0.4) is 0 Å². The monoisotopic (exact) mass is 657 g/mol. The Morgan fingerprint density at radius 2 is 1.09 bits per heavy atom. The van der Waals surface area contributed by atoms with Crippen LogP contribution in [0.2, 0.25) is 0 Å². The number of carbonyl (C=O) groups excluding carboxylic acids is 7. The normalized spacial score (nSPS) is 11.2. The van der Waals surface area contributed by atoms with Crippen molar-refractivity contribution >= 4 is 41.9 Å². The van der Waals surface area contributed by atoms with E-state index < -0.39 is 53.1 Å². The fourth-order valence-electron chi connectivity index (χ4n) is 3.07. The second-order valence-corrected chi connectivity index (χ2v) is 11.2. The number of unbranched alkanes of at least 4 members (excludes halogenated alkanes) is 1. The van der Waals surface area contributed by atoms with Gasteiger partial charge in [-0.05, 0) is 47.5 Å². The zero-order valence-corrected chi connectivity index (χ0v) is 27.3. The SMILES string of the molecule is C=CC(=O)OCCOC(=O)CCC(=O)OCCNC(=O)OC(C)(C)C/C=C/C(=O)OCCCCOC(=O)CCC(=O)OC(C)(C)C. The van der Waals surface area contributed by atoms with Crippen LogP contribution in [0.25, 0.3) is 0 Å². The van der Waals surface area contributed by atoms with Crippen molar-refractivity contribution in [1.29, 1.82) is 0 Å². The van der Waals surface area contributed by atoms with Crippen molar-refractivity contribution in [3.8, 4) is 0 Å². The van der Waals surface area contributed by atoms with Crippen molar-refractivity contribution in [2.75, 3.05) is 39.6 Å². The fourth-order valence-corrected chi connectivity index (χ4v) is 3.07. The molecule has 0 radical (unpaired) electrons. The van der Waals surface area contributed by atoms with Crippen molar-refractivity contribution in [2.45, 2.75) is 90.8 Å². The van der Waals surface area contributed by atoms with Gasteiger partial charge in [-0.3, -0.25) is 19.2 Å². The standard InChI is InChI=1S/C31H47NO14/c1-7-23(33)43-21-22-44-27(37)13-12-26(36)42-20-17-32-29(39)46-31(5,6)16-10-11-24(34)40-18-8-9-19-41-25(35)14-15-28(38)45-30(2,3)4/h7,10-11H,1,8-9,12-22H2,2-6H3,(H,32,39)/b11-10+. The maximum absolute atomic E-state index is 12.0. The summed E-state index contributed by atoms with van der Waals surface area (Å²) < 4.78 is 34.9. The van der Waals surface area contributed by atoms with Gasteiger partial charge in [0.1, 0.15) is 31.0 Å². The second kappa shape index (κ2) is 23.0. The van der Waals surface area contributed by atoms with Gasteiger partial charge in [0.05, 0.1) is 45.4 Å². The van der Waals surface area contributed by atoms with Gasteiger partial charge in [-0.25, -0.2) is 14.4 Å². The predicted octanol–water partition coefficient (Wildman–Crippen LogP) is 3.02. The minimum Gasteiger partial charge on any atom is -0.466 e. The molecular weight excluding hydrogens is 610 g/mol. The molecule has 0 aliphatic rings. The van der Waals surface area contributed by atoms with Crippen LogP contribution >= 0.6 is 0 Å². The van der Waals surface area contributed by atoms with E-state index >= 15 is 0 Å². The van der Waals surface area contributed by atoms with Gasteiger partial charge in [-0.1, -0.05) is 12.7 Å². The molecule has 0 aliphatic heterocycles. The number of alkyl carbamates (subject to hydrolysis) is 1. The van der Waals surface area contributed by atoms with Crippen molar-refractivity contribution < 1.29 is 66.7 Å². The van der Waals surface area contributed by atoms with E-state index in [1.54, 1.807) is 34.6 Å². The number of nitrogens with one attached hydrogen (secondary N) is 1. The summed E-state index contributed by atoms with van der Waals surface area (Å²) in [5.74, 6) is -3.54. The molecule has 0 heterocycles. The Morgan fingerprint density at radius 1 is 0.609 bits per heavy atom. The summed E-state index contributed by atoms with van der Waals surface area (Å²) >= 11 is 0. The molecule has 15 nitrogen and oxygen atoms in total. The topological polar surface area (TPSA) is 196 Å². The lowest BCUT2D eigenvalue weighted by Gasteiger charge is -2.23. The molecule has 260 valence electrons. The Hall–Kier alpha value is -4.43. The quantitative estimate of drug-likeness (QED) is 0.0772. The molecule has 1 N–H and O–H groups in total.